The summed E-state index contributed by atoms with van der Waals surface area (Å²) in [6.45, 7) is 5.66. The molecule has 0 unspecified atom stereocenters. The summed E-state index contributed by atoms with van der Waals surface area (Å²) in [7, 11) is 0. The van der Waals surface area contributed by atoms with Crippen LogP contribution < -0.4 is 15.4 Å². The Morgan fingerprint density at radius 3 is 2.75 bits per heavy atom. The van der Waals surface area contributed by atoms with E-state index in [0.29, 0.717) is 24.2 Å². The lowest BCUT2D eigenvalue weighted by atomic mass is 10.3. The molecule has 0 aromatic carbocycles. The Hall–Kier alpha value is -1.45. The molecule has 1 aliphatic carbocycles. The zero-order valence-corrected chi connectivity index (χ0v) is 9.94. The molecule has 2 rings (SSSR count). The minimum atomic E-state index is 0.555. The van der Waals surface area contributed by atoms with E-state index in [0.717, 1.165) is 12.4 Å². The molecule has 0 saturated heterocycles. The van der Waals surface area contributed by atoms with Crippen molar-refractivity contribution < 1.29 is 4.74 Å². The summed E-state index contributed by atoms with van der Waals surface area (Å²) in [6, 6.07) is 4.51. The van der Waals surface area contributed by atoms with Crippen LogP contribution in [0, 0.1) is 0 Å². The summed E-state index contributed by atoms with van der Waals surface area (Å²) >= 11 is 0. The highest BCUT2D eigenvalue weighted by atomic mass is 16.5. The molecule has 1 heterocycles. The topological polar surface area (TPSA) is 51.4 Å². The number of nitrogen functional groups attached to an aromatic ring is 1. The molecule has 1 fully saturated rings. The molecule has 0 spiro atoms. The van der Waals surface area contributed by atoms with Crippen LogP contribution >= 0.6 is 0 Å². The maximum absolute atomic E-state index is 5.80. The van der Waals surface area contributed by atoms with Gasteiger partial charge in [0.2, 0.25) is 5.88 Å². The first-order valence-electron chi connectivity index (χ1n) is 5.92. The number of ether oxygens (including phenoxy) is 1. The Labute approximate surface area is 96.4 Å². The molecule has 0 atom stereocenters. The van der Waals surface area contributed by atoms with Crippen LogP contribution in [0.4, 0.5) is 11.5 Å². The van der Waals surface area contributed by atoms with Gasteiger partial charge in [0, 0.05) is 12.6 Å². The van der Waals surface area contributed by atoms with Crippen molar-refractivity contribution in [1.82, 2.24) is 4.98 Å². The Morgan fingerprint density at radius 2 is 2.19 bits per heavy atom. The molecule has 0 radical (unpaired) electrons. The molecular formula is C12H19N3O. The second kappa shape index (κ2) is 4.60. The number of hydrogen-bond acceptors (Lipinski definition) is 4. The van der Waals surface area contributed by atoms with E-state index < -0.39 is 0 Å². The van der Waals surface area contributed by atoms with E-state index in [1.165, 1.54) is 12.8 Å². The van der Waals surface area contributed by atoms with Crippen LogP contribution in [0.25, 0.3) is 0 Å². The zero-order chi connectivity index (χ0) is 11.5. The smallest absolute Gasteiger partial charge is 0.239 e. The summed E-state index contributed by atoms with van der Waals surface area (Å²) in [6.07, 6.45) is 2.54. The van der Waals surface area contributed by atoms with Crippen LogP contribution in [-0.2, 0) is 0 Å². The van der Waals surface area contributed by atoms with Gasteiger partial charge in [-0.15, -0.1) is 0 Å². The third kappa shape index (κ3) is 2.21. The average Bonchev–Trinajstić information content (AvgIpc) is 3.08. The second-order valence-electron chi connectivity index (χ2n) is 4.01. The molecular weight excluding hydrogens is 202 g/mol. The van der Waals surface area contributed by atoms with E-state index in [9.17, 15) is 0 Å². The van der Waals surface area contributed by atoms with Crippen LogP contribution in [0.15, 0.2) is 12.1 Å². The molecule has 1 aliphatic rings. The Bertz CT molecular complexity index is 363. The molecule has 1 saturated carbocycles. The zero-order valence-electron chi connectivity index (χ0n) is 9.94. The first kappa shape index (κ1) is 11.0. The fourth-order valence-corrected chi connectivity index (χ4v) is 1.85. The molecule has 4 nitrogen and oxygen atoms in total. The van der Waals surface area contributed by atoms with Crippen molar-refractivity contribution in [2.24, 2.45) is 0 Å². The van der Waals surface area contributed by atoms with Crippen molar-refractivity contribution in [1.29, 1.82) is 0 Å². The number of rotatable bonds is 5. The summed E-state index contributed by atoms with van der Waals surface area (Å²) in [5, 5.41) is 0. The lowest BCUT2D eigenvalue weighted by Gasteiger charge is -2.22. The molecule has 0 bridgehead atoms. The summed E-state index contributed by atoms with van der Waals surface area (Å²) in [5.41, 5.74) is 6.41. The molecule has 1 aromatic heterocycles. The molecule has 0 amide bonds. The van der Waals surface area contributed by atoms with Gasteiger partial charge in [0.05, 0.1) is 12.3 Å². The lowest BCUT2D eigenvalue weighted by Crippen LogP contribution is -2.26. The maximum Gasteiger partial charge on any atom is 0.239 e. The highest BCUT2D eigenvalue weighted by Crippen LogP contribution is 2.32. The van der Waals surface area contributed by atoms with E-state index in [4.69, 9.17) is 10.5 Å². The van der Waals surface area contributed by atoms with E-state index in [1.807, 2.05) is 19.1 Å². The highest BCUT2D eigenvalue weighted by molar-refractivity contribution is 5.55. The van der Waals surface area contributed by atoms with Crippen molar-refractivity contribution in [2.75, 3.05) is 23.8 Å². The Kier molecular flexibility index (Phi) is 3.17. The quantitative estimate of drug-likeness (QED) is 0.826. The fraction of sp³-hybridized carbons (Fsp3) is 0.583. The largest absolute Gasteiger partial charge is 0.476 e. The van der Waals surface area contributed by atoms with E-state index in [-0.39, 0.29) is 0 Å². The predicted octanol–water partition coefficient (Wildman–Crippen LogP) is 2.05. The van der Waals surface area contributed by atoms with Gasteiger partial charge in [-0.2, -0.15) is 4.98 Å². The molecule has 0 aliphatic heterocycles. The van der Waals surface area contributed by atoms with Gasteiger partial charge in [-0.3, -0.25) is 0 Å². The highest BCUT2D eigenvalue weighted by Gasteiger charge is 2.29. The third-order valence-corrected chi connectivity index (χ3v) is 2.78. The van der Waals surface area contributed by atoms with Gasteiger partial charge in [-0.05, 0) is 38.8 Å². The van der Waals surface area contributed by atoms with Crippen LogP contribution in [0.3, 0.4) is 0 Å². The normalized spacial score (nSPS) is 14.9. The third-order valence-electron chi connectivity index (χ3n) is 2.78. The predicted molar refractivity (Wildman–Crippen MR) is 65.9 cm³/mol. The monoisotopic (exact) mass is 221 g/mol. The van der Waals surface area contributed by atoms with Gasteiger partial charge in [0.25, 0.3) is 0 Å². The Morgan fingerprint density at radius 1 is 1.44 bits per heavy atom. The van der Waals surface area contributed by atoms with E-state index in [2.05, 4.69) is 16.8 Å². The number of nitrogens with two attached hydrogens (primary N) is 1. The molecule has 16 heavy (non-hydrogen) atoms. The maximum atomic E-state index is 5.80. The van der Waals surface area contributed by atoms with Crippen molar-refractivity contribution in [3.8, 4) is 5.88 Å². The molecule has 88 valence electrons. The SMILES string of the molecule is CCOc1nc(N(CC)C2CC2)ccc1N. The number of nitrogens with zero attached hydrogens (tertiary/aromatic N) is 2. The first-order chi connectivity index (χ1) is 7.76. The summed E-state index contributed by atoms with van der Waals surface area (Å²) < 4.78 is 5.41. The van der Waals surface area contributed by atoms with E-state index >= 15 is 0 Å². The Balaban J connectivity index is 2.22. The molecule has 2 N–H and O–H groups in total. The number of aromatic nitrogens is 1. The van der Waals surface area contributed by atoms with Gasteiger partial charge in [-0.25, -0.2) is 0 Å². The van der Waals surface area contributed by atoms with Crippen molar-refractivity contribution in [3.05, 3.63) is 12.1 Å². The lowest BCUT2D eigenvalue weighted by molar-refractivity contribution is 0.329. The van der Waals surface area contributed by atoms with Gasteiger partial charge >= 0.3 is 0 Å². The summed E-state index contributed by atoms with van der Waals surface area (Å²) in [5.74, 6) is 1.53. The van der Waals surface area contributed by atoms with Gasteiger partial charge in [0.15, 0.2) is 0 Å². The van der Waals surface area contributed by atoms with Gasteiger partial charge < -0.3 is 15.4 Å². The minimum Gasteiger partial charge on any atom is -0.476 e. The minimum absolute atomic E-state index is 0.555. The van der Waals surface area contributed by atoms with Gasteiger partial charge in [-0.1, -0.05) is 0 Å². The average molecular weight is 221 g/mol. The molecule has 4 heteroatoms. The summed E-state index contributed by atoms with van der Waals surface area (Å²) in [4.78, 5) is 6.78. The fourth-order valence-electron chi connectivity index (χ4n) is 1.85. The van der Waals surface area contributed by atoms with Crippen molar-refractivity contribution in [3.63, 3.8) is 0 Å². The molecule has 1 aromatic rings. The van der Waals surface area contributed by atoms with E-state index in [1.54, 1.807) is 0 Å². The first-order valence-corrected chi connectivity index (χ1v) is 5.92. The number of hydrogen-bond donors (Lipinski definition) is 1. The van der Waals surface area contributed by atoms with Crippen LogP contribution in [0.2, 0.25) is 0 Å². The van der Waals surface area contributed by atoms with Crippen LogP contribution in [0.5, 0.6) is 5.88 Å². The standard InChI is InChI=1S/C12H19N3O/c1-3-15(9-5-6-9)11-8-7-10(13)12(14-11)16-4-2/h7-9H,3-6,13H2,1-2H3. The van der Waals surface area contributed by atoms with Crippen LogP contribution in [0.1, 0.15) is 26.7 Å². The number of pyridine rings is 1. The van der Waals surface area contributed by atoms with Gasteiger partial charge in [0.1, 0.15) is 5.82 Å². The van der Waals surface area contributed by atoms with Crippen molar-refractivity contribution in [2.45, 2.75) is 32.7 Å². The number of anilines is 2. The second-order valence-corrected chi connectivity index (χ2v) is 4.01. The van der Waals surface area contributed by atoms with Crippen LogP contribution in [-0.4, -0.2) is 24.2 Å². The van der Waals surface area contributed by atoms with Crippen molar-refractivity contribution >= 4 is 11.5 Å².